The van der Waals surface area contributed by atoms with Crippen LogP contribution in [0.3, 0.4) is 0 Å². The number of hydrogen-bond acceptors (Lipinski definition) is 2. The van der Waals surface area contributed by atoms with Crippen molar-refractivity contribution in [2.24, 2.45) is 0 Å². The van der Waals surface area contributed by atoms with Gasteiger partial charge in [0.1, 0.15) is 5.82 Å². The highest BCUT2D eigenvalue weighted by atomic mass is 35.5. The highest BCUT2D eigenvalue weighted by Crippen LogP contribution is 2.27. The van der Waals surface area contributed by atoms with Gasteiger partial charge in [0.25, 0.3) is 0 Å². The SMILES string of the molecule is O=C(C=Cc1cc(-c2ccc(Cl)c(Cl)c2)n[nH]1)c1ccc(F)cc1. The maximum Gasteiger partial charge on any atom is 0.185 e. The monoisotopic (exact) mass is 360 g/mol. The summed E-state index contributed by atoms with van der Waals surface area (Å²) in [5.74, 6) is -0.601. The van der Waals surface area contributed by atoms with E-state index in [-0.39, 0.29) is 11.6 Å². The normalized spacial score (nSPS) is 11.1. The van der Waals surface area contributed by atoms with E-state index >= 15 is 0 Å². The number of carbonyl (C=O) groups excluding carboxylic acids is 1. The van der Waals surface area contributed by atoms with Gasteiger partial charge in [0.05, 0.1) is 21.4 Å². The molecule has 3 nitrogen and oxygen atoms in total. The first kappa shape index (κ1) is 16.4. The first-order valence-electron chi connectivity index (χ1n) is 7.02. The van der Waals surface area contributed by atoms with Gasteiger partial charge in [0, 0.05) is 11.1 Å². The molecule has 120 valence electrons. The zero-order valence-corrected chi connectivity index (χ0v) is 13.8. The van der Waals surface area contributed by atoms with Crippen molar-refractivity contribution in [2.45, 2.75) is 0 Å². The number of nitrogens with zero attached hydrogens (tertiary/aromatic N) is 1. The third-order valence-corrected chi connectivity index (χ3v) is 4.10. The van der Waals surface area contributed by atoms with Gasteiger partial charge >= 0.3 is 0 Å². The number of allylic oxidation sites excluding steroid dienone is 1. The molecule has 0 radical (unpaired) electrons. The molecule has 1 aromatic heterocycles. The number of H-pyrrole nitrogens is 1. The fourth-order valence-electron chi connectivity index (χ4n) is 2.10. The summed E-state index contributed by atoms with van der Waals surface area (Å²) in [5, 5.41) is 7.93. The van der Waals surface area contributed by atoms with Gasteiger partial charge in [-0.05, 0) is 54.6 Å². The predicted molar refractivity (Wildman–Crippen MR) is 93.8 cm³/mol. The Bertz CT molecular complexity index is 917. The lowest BCUT2D eigenvalue weighted by Gasteiger charge is -1.98. The molecule has 0 aliphatic carbocycles. The van der Waals surface area contributed by atoms with Gasteiger partial charge in [-0.25, -0.2) is 4.39 Å². The fourth-order valence-corrected chi connectivity index (χ4v) is 2.40. The van der Waals surface area contributed by atoms with Crippen LogP contribution in [0.1, 0.15) is 16.1 Å². The third-order valence-electron chi connectivity index (χ3n) is 3.36. The predicted octanol–water partition coefficient (Wildman–Crippen LogP) is 5.42. The third kappa shape index (κ3) is 3.72. The number of benzene rings is 2. The first-order chi connectivity index (χ1) is 11.5. The topological polar surface area (TPSA) is 45.8 Å². The quantitative estimate of drug-likeness (QED) is 0.498. The minimum Gasteiger partial charge on any atom is -0.289 e. The lowest BCUT2D eigenvalue weighted by molar-refractivity contribution is 0.104. The number of carbonyl (C=O) groups is 1. The number of rotatable bonds is 4. The maximum atomic E-state index is 12.9. The van der Waals surface area contributed by atoms with Crippen LogP contribution in [0.15, 0.2) is 54.6 Å². The second kappa shape index (κ2) is 6.99. The molecule has 2 aromatic carbocycles. The Morgan fingerprint density at radius 2 is 1.79 bits per heavy atom. The average Bonchev–Trinajstić information content (AvgIpc) is 3.05. The Morgan fingerprint density at radius 1 is 1.04 bits per heavy atom. The van der Waals surface area contributed by atoms with E-state index in [2.05, 4.69) is 10.2 Å². The van der Waals surface area contributed by atoms with Crippen LogP contribution in [0.2, 0.25) is 10.0 Å². The second-order valence-electron chi connectivity index (χ2n) is 5.04. The van der Waals surface area contributed by atoms with Crippen LogP contribution in [0.4, 0.5) is 4.39 Å². The maximum absolute atomic E-state index is 12.9. The molecule has 0 fully saturated rings. The number of ketones is 1. The van der Waals surface area contributed by atoms with Crippen LogP contribution >= 0.6 is 23.2 Å². The molecule has 1 heterocycles. The van der Waals surface area contributed by atoms with Crippen molar-refractivity contribution in [2.75, 3.05) is 0 Å². The molecule has 0 saturated carbocycles. The molecule has 3 rings (SSSR count). The summed E-state index contributed by atoms with van der Waals surface area (Å²) in [4.78, 5) is 12.0. The molecular formula is C18H11Cl2FN2O. The molecule has 0 spiro atoms. The second-order valence-corrected chi connectivity index (χ2v) is 5.86. The van der Waals surface area contributed by atoms with E-state index in [4.69, 9.17) is 23.2 Å². The van der Waals surface area contributed by atoms with Gasteiger partial charge in [-0.2, -0.15) is 5.10 Å². The average molecular weight is 361 g/mol. The van der Waals surface area contributed by atoms with E-state index in [1.54, 1.807) is 24.3 Å². The van der Waals surface area contributed by atoms with Crippen LogP contribution in [0, 0.1) is 5.82 Å². The summed E-state index contributed by atoms with van der Waals surface area (Å²) in [7, 11) is 0. The van der Waals surface area contributed by atoms with E-state index in [1.165, 1.54) is 30.3 Å². The number of aromatic nitrogens is 2. The molecule has 6 heteroatoms. The summed E-state index contributed by atoms with van der Waals surface area (Å²) in [6, 6.07) is 12.4. The van der Waals surface area contributed by atoms with Crippen LogP contribution in [0.25, 0.3) is 17.3 Å². The highest BCUT2D eigenvalue weighted by Gasteiger charge is 2.06. The van der Waals surface area contributed by atoms with Gasteiger partial charge in [0.15, 0.2) is 5.78 Å². The standard InChI is InChI=1S/C18H11Cl2FN2O/c19-15-7-3-12(9-16(15)20)17-10-14(22-23-17)6-8-18(24)11-1-4-13(21)5-2-11/h1-10H,(H,22,23). The summed E-state index contributed by atoms with van der Waals surface area (Å²) >= 11 is 11.9. The molecular weight excluding hydrogens is 350 g/mol. The number of hydrogen-bond donors (Lipinski definition) is 1. The lowest BCUT2D eigenvalue weighted by atomic mass is 10.1. The first-order valence-corrected chi connectivity index (χ1v) is 7.77. The molecule has 0 amide bonds. The van der Waals surface area contributed by atoms with Crippen molar-refractivity contribution in [3.8, 4) is 11.3 Å². The van der Waals surface area contributed by atoms with E-state index in [9.17, 15) is 9.18 Å². The Kier molecular flexibility index (Phi) is 4.79. The van der Waals surface area contributed by atoms with E-state index in [1.807, 2.05) is 6.07 Å². The van der Waals surface area contributed by atoms with Crippen molar-refractivity contribution in [1.29, 1.82) is 0 Å². The van der Waals surface area contributed by atoms with Crippen LogP contribution in [-0.4, -0.2) is 16.0 Å². The molecule has 0 atom stereocenters. The van der Waals surface area contributed by atoms with Crippen LogP contribution in [-0.2, 0) is 0 Å². The molecule has 24 heavy (non-hydrogen) atoms. The molecule has 0 aliphatic rings. The smallest absolute Gasteiger partial charge is 0.185 e. The van der Waals surface area contributed by atoms with Gasteiger partial charge in [-0.3, -0.25) is 9.89 Å². The Labute approximate surface area is 147 Å². The lowest BCUT2D eigenvalue weighted by Crippen LogP contribution is -1.93. The Morgan fingerprint density at radius 3 is 2.50 bits per heavy atom. The summed E-state index contributed by atoms with van der Waals surface area (Å²) < 4.78 is 12.9. The van der Waals surface area contributed by atoms with Crippen molar-refractivity contribution in [1.82, 2.24) is 10.2 Å². The van der Waals surface area contributed by atoms with E-state index in [0.29, 0.717) is 27.0 Å². The van der Waals surface area contributed by atoms with Crippen LogP contribution in [0.5, 0.6) is 0 Å². The molecule has 3 aromatic rings. The van der Waals surface area contributed by atoms with Crippen molar-refractivity contribution in [3.63, 3.8) is 0 Å². The van der Waals surface area contributed by atoms with E-state index in [0.717, 1.165) is 5.56 Å². The van der Waals surface area contributed by atoms with Crippen molar-refractivity contribution in [3.05, 3.63) is 81.7 Å². The zero-order chi connectivity index (χ0) is 17.1. The number of halogens is 3. The minimum absolute atomic E-state index is 0.222. The molecule has 0 aliphatic heterocycles. The van der Waals surface area contributed by atoms with Crippen molar-refractivity contribution < 1.29 is 9.18 Å². The van der Waals surface area contributed by atoms with Gasteiger partial charge < -0.3 is 0 Å². The van der Waals surface area contributed by atoms with E-state index < -0.39 is 0 Å². The molecule has 1 N–H and O–H groups in total. The summed E-state index contributed by atoms with van der Waals surface area (Å²) in [5.41, 5.74) is 2.57. The molecule has 0 saturated heterocycles. The van der Waals surface area contributed by atoms with Crippen molar-refractivity contribution >= 4 is 35.1 Å². The molecule has 0 bridgehead atoms. The number of aromatic amines is 1. The van der Waals surface area contributed by atoms with Gasteiger partial charge in [-0.15, -0.1) is 0 Å². The Balaban J connectivity index is 1.77. The largest absolute Gasteiger partial charge is 0.289 e. The Hall–Kier alpha value is -2.43. The zero-order valence-electron chi connectivity index (χ0n) is 12.3. The summed E-state index contributed by atoms with van der Waals surface area (Å²) in [6.07, 6.45) is 3.01. The van der Waals surface area contributed by atoms with Crippen LogP contribution < -0.4 is 0 Å². The summed E-state index contributed by atoms with van der Waals surface area (Å²) in [6.45, 7) is 0. The fraction of sp³-hybridized carbons (Fsp3) is 0. The minimum atomic E-state index is -0.379. The highest BCUT2D eigenvalue weighted by molar-refractivity contribution is 6.42. The van der Waals surface area contributed by atoms with Gasteiger partial charge in [-0.1, -0.05) is 29.3 Å². The number of nitrogens with one attached hydrogen (secondary N) is 1. The molecule has 0 unspecified atom stereocenters. The van der Waals surface area contributed by atoms with Gasteiger partial charge in [0.2, 0.25) is 0 Å².